The van der Waals surface area contributed by atoms with E-state index in [9.17, 15) is 19.7 Å². The largest absolute Gasteiger partial charge is 0.464 e. The summed E-state index contributed by atoms with van der Waals surface area (Å²) in [5.74, 6) is -1.22. The van der Waals surface area contributed by atoms with Crippen LogP contribution in [0.5, 0.6) is 0 Å². The van der Waals surface area contributed by atoms with E-state index in [1.54, 1.807) is 0 Å². The average molecular weight is 363 g/mol. The highest BCUT2D eigenvalue weighted by Gasteiger charge is 2.16. The first kappa shape index (κ1) is 18.4. The van der Waals surface area contributed by atoms with Crippen LogP contribution < -0.4 is 5.32 Å². The molecule has 8 heteroatoms. The van der Waals surface area contributed by atoms with E-state index in [0.29, 0.717) is 6.42 Å². The van der Waals surface area contributed by atoms with E-state index < -0.39 is 16.8 Å². The van der Waals surface area contributed by atoms with Gasteiger partial charge in [-0.1, -0.05) is 41.9 Å². The molecule has 2 aromatic rings. The van der Waals surface area contributed by atoms with Crippen LogP contribution in [-0.2, 0) is 16.0 Å². The number of ether oxygens (including phenoxy) is 1. The fourth-order valence-corrected chi connectivity index (χ4v) is 2.21. The molecule has 25 heavy (non-hydrogen) atoms. The van der Waals surface area contributed by atoms with Gasteiger partial charge in [0.1, 0.15) is 11.6 Å². The molecule has 0 saturated carbocycles. The van der Waals surface area contributed by atoms with Crippen LogP contribution in [0.25, 0.3) is 0 Å². The molecular formula is C17H15ClN2O5. The number of nitrogens with one attached hydrogen (secondary N) is 1. The summed E-state index contributed by atoms with van der Waals surface area (Å²) in [5, 5.41) is 13.1. The molecule has 0 radical (unpaired) electrons. The minimum Gasteiger partial charge on any atom is -0.464 e. The molecule has 1 amide bonds. The molecular weight excluding hydrogens is 348 g/mol. The lowest BCUT2D eigenvalue weighted by molar-refractivity contribution is -0.384. The van der Waals surface area contributed by atoms with Gasteiger partial charge in [0.2, 0.25) is 0 Å². The number of carbonyl (C=O) groups excluding carboxylic acids is 2. The van der Waals surface area contributed by atoms with Crippen molar-refractivity contribution < 1.29 is 19.2 Å². The number of hydrogen-bond acceptors (Lipinski definition) is 5. The summed E-state index contributed by atoms with van der Waals surface area (Å²) in [5.41, 5.74) is 0.695. The summed E-state index contributed by atoms with van der Waals surface area (Å²) in [4.78, 5) is 33.7. The van der Waals surface area contributed by atoms with Gasteiger partial charge in [-0.2, -0.15) is 0 Å². The summed E-state index contributed by atoms with van der Waals surface area (Å²) >= 11 is 5.68. The van der Waals surface area contributed by atoms with Crippen molar-refractivity contribution in [2.24, 2.45) is 0 Å². The van der Waals surface area contributed by atoms with Crippen LogP contribution in [0.15, 0.2) is 48.5 Å². The van der Waals surface area contributed by atoms with Crippen molar-refractivity contribution >= 4 is 29.2 Å². The number of rotatable bonds is 7. The minimum absolute atomic E-state index is 0.0354. The molecule has 0 heterocycles. The fourth-order valence-electron chi connectivity index (χ4n) is 2.03. The summed E-state index contributed by atoms with van der Waals surface area (Å²) in [6, 6.07) is 13.2. The van der Waals surface area contributed by atoms with Crippen LogP contribution in [0.1, 0.15) is 15.9 Å². The highest BCUT2D eigenvalue weighted by atomic mass is 35.5. The Labute approximate surface area is 148 Å². The number of nitrogens with zero attached hydrogens (tertiary/aromatic N) is 1. The molecule has 130 valence electrons. The molecule has 0 aliphatic carbocycles. The van der Waals surface area contributed by atoms with E-state index in [1.807, 2.05) is 30.3 Å². The maximum Gasteiger partial charge on any atom is 0.325 e. The number of hydrogen-bond donors (Lipinski definition) is 1. The van der Waals surface area contributed by atoms with Crippen LogP contribution >= 0.6 is 11.6 Å². The first-order valence-corrected chi connectivity index (χ1v) is 7.77. The van der Waals surface area contributed by atoms with Crippen molar-refractivity contribution in [3.63, 3.8) is 0 Å². The van der Waals surface area contributed by atoms with Gasteiger partial charge in [0.25, 0.3) is 11.6 Å². The number of carbonyl (C=O) groups is 2. The third-order valence-corrected chi connectivity index (χ3v) is 3.61. The van der Waals surface area contributed by atoms with Crippen molar-refractivity contribution in [2.75, 3.05) is 13.2 Å². The van der Waals surface area contributed by atoms with E-state index in [-0.39, 0.29) is 29.4 Å². The first-order chi connectivity index (χ1) is 12.0. The third-order valence-electron chi connectivity index (χ3n) is 3.29. The zero-order valence-corrected chi connectivity index (χ0v) is 13.9. The third kappa shape index (κ3) is 5.58. The predicted molar refractivity (Wildman–Crippen MR) is 91.5 cm³/mol. The fraction of sp³-hybridized carbons (Fsp3) is 0.176. The molecule has 0 spiro atoms. The predicted octanol–water partition coefficient (Wildman–Crippen LogP) is 2.76. The van der Waals surface area contributed by atoms with Crippen molar-refractivity contribution in [3.05, 3.63) is 74.8 Å². The van der Waals surface area contributed by atoms with Gasteiger partial charge in [-0.15, -0.1) is 0 Å². The van der Waals surface area contributed by atoms with E-state index in [1.165, 1.54) is 12.1 Å². The van der Waals surface area contributed by atoms with Gasteiger partial charge in [0.15, 0.2) is 0 Å². The van der Waals surface area contributed by atoms with E-state index in [4.69, 9.17) is 16.3 Å². The second kappa shape index (κ2) is 8.79. The van der Waals surface area contributed by atoms with E-state index >= 15 is 0 Å². The normalized spacial score (nSPS) is 10.1. The zero-order chi connectivity index (χ0) is 18.2. The maximum absolute atomic E-state index is 11.9. The maximum atomic E-state index is 11.9. The number of esters is 1. The number of nitro benzene ring substituents is 1. The molecule has 0 aromatic heterocycles. The number of benzene rings is 2. The number of amides is 1. The van der Waals surface area contributed by atoms with Gasteiger partial charge in [-0.3, -0.25) is 19.7 Å². The molecule has 0 aliphatic heterocycles. The van der Waals surface area contributed by atoms with Crippen LogP contribution in [0.3, 0.4) is 0 Å². The number of halogens is 1. The zero-order valence-electron chi connectivity index (χ0n) is 13.1. The van der Waals surface area contributed by atoms with Gasteiger partial charge >= 0.3 is 5.97 Å². The SMILES string of the molecule is O=C(CNC(=O)c1ccc(Cl)c([N+](=O)[O-])c1)OCCc1ccccc1. The highest BCUT2D eigenvalue weighted by molar-refractivity contribution is 6.32. The Bertz CT molecular complexity index is 780. The quantitative estimate of drug-likeness (QED) is 0.464. The first-order valence-electron chi connectivity index (χ1n) is 7.39. The summed E-state index contributed by atoms with van der Waals surface area (Å²) in [6.07, 6.45) is 0.573. The monoisotopic (exact) mass is 362 g/mol. The Balaban J connectivity index is 1.80. The standard InChI is InChI=1S/C17H15ClN2O5/c18-14-7-6-13(10-15(14)20(23)24)17(22)19-11-16(21)25-9-8-12-4-2-1-3-5-12/h1-7,10H,8-9,11H2,(H,19,22). The molecule has 0 saturated heterocycles. The lowest BCUT2D eigenvalue weighted by Crippen LogP contribution is -2.31. The second-order valence-corrected chi connectivity index (χ2v) is 5.47. The molecule has 0 bridgehead atoms. The van der Waals surface area contributed by atoms with Gasteiger partial charge in [0.05, 0.1) is 11.5 Å². The highest BCUT2D eigenvalue weighted by Crippen LogP contribution is 2.24. The molecule has 0 aliphatic rings. The summed E-state index contributed by atoms with van der Waals surface area (Å²) < 4.78 is 5.03. The molecule has 7 nitrogen and oxygen atoms in total. The summed E-state index contributed by atoms with van der Waals surface area (Å²) in [7, 11) is 0. The topological polar surface area (TPSA) is 98.5 Å². The average Bonchev–Trinajstić information content (AvgIpc) is 2.60. The lowest BCUT2D eigenvalue weighted by atomic mass is 10.2. The molecule has 1 N–H and O–H groups in total. The van der Waals surface area contributed by atoms with Crippen LogP contribution in [-0.4, -0.2) is 30.0 Å². The molecule has 0 fully saturated rings. The minimum atomic E-state index is -0.684. The lowest BCUT2D eigenvalue weighted by Gasteiger charge is -2.07. The molecule has 0 atom stereocenters. The Kier molecular flexibility index (Phi) is 6.47. The van der Waals surface area contributed by atoms with E-state index in [2.05, 4.69) is 5.32 Å². The van der Waals surface area contributed by atoms with Crippen molar-refractivity contribution in [1.82, 2.24) is 5.32 Å². The van der Waals surface area contributed by atoms with E-state index in [0.717, 1.165) is 11.6 Å². The Morgan fingerprint density at radius 1 is 1.16 bits per heavy atom. The van der Waals surface area contributed by atoms with Crippen molar-refractivity contribution in [3.8, 4) is 0 Å². The number of nitro groups is 1. The summed E-state index contributed by atoms with van der Waals surface area (Å²) in [6.45, 7) is -0.130. The van der Waals surface area contributed by atoms with Gasteiger partial charge < -0.3 is 10.1 Å². The van der Waals surface area contributed by atoms with Crippen molar-refractivity contribution in [2.45, 2.75) is 6.42 Å². The Hall–Kier alpha value is -2.93. The van der Waals surface area contributed by atoms with Gasteiger partial charge in [-0.05, 0) is 17.7 Å². The molecule has 2 aromatic carbocycles. The van der Waals surface area contributed by atoms with Crippen LogP contribution in [0.2, 0.25) is 5.02 Å². The second-order valence-electron chi connectivity index (χ2n) is 5.06. The van der Waals surface area contributed by atoms with Gasteiger partial charge in [-0.25, -0.2) is 0 Å². The van der Waals surface area contributed by atoms with Crippen LogP contribution in [0.4, 0.5) is 5.69 Å². The van der Waals surface area contributed by atoms with Crippen LogP contribution in [0, 0.1) is 10.1 Å². The Morgan fingerprint density at radius 2 is 1.88 bits per heavy atom. The van der Waals surface area contributed by atoms with Crippen molar-refractivity contribution in [1.29, 1.82) is 0 Å². The Morgan fingerprint density at radius 3 is 2.56 bits per heavy atom. The smallest absolute Gasteiger partial charge is 0.325 e. The molecule has 2 rings (SSSR count). The van der Waals surface area contributed by atoms with Gasteiger partial charge in [0, 0.05) is 18.1 Å². The molecule has 0 unspecified atom stereocenters.